The molecule has 0 aliphatic carbocycles. The first-order valence-corrected chi connectivity index (χ1v) is 9.68. The number of nitrogens with zero attached hydrogens (tertiary/aromatic N) is 3. The highest BCUT2D eigenvalue weighted by molar-refractivity contribution is 7.81. The Kier molecular flexibility index (Phi) is 3.97. The fourth-order valence-electron chi connectivity index (χ4n) is 3.62. The number of imidazole rings is 1. The maximum Gasteiger partial charge on any atom is 0.446 e. The number of hydrogen-bond acceptors (Lipinski definition) is 5. The highest BCUT2D eigenvalue weighted by atomic mass is 32.3. The van der Waals surface area contributed by atoms with E-state index >= 15 is 0 Å². The quantitative estimate of drug-likeness (QED) is 0.653. The number of rotatable bonds is 4. The molecule has 0 saturated carbocycles. The van der Waals surface area contributed by atoms with Gasteiger partial charge in [-0.05, 0) is 13.0 Å². The Morgan fingerprint density at radius 2 is 2.15 bits per heavy atom. The van der Waals surface area contributed by atoms with Gasteiger partial charge in [-0.1, -0.05) is 12.1 Å². The van der Waals surface area contributed by atoms with Gasteiger partial charge in [0.2, 0.25) is 0 Å². The van der Waals surface area contributed by atoms with Crippen molar-refractivity contribution in [3.05, 3.63) is 47.2 Å². The smallest absolute Gasteiger partial charge is 0.360 e. The maximum atomic E-state index is 13.1. The van der Waals surface area contributed by atoms with E-state index in [1.165, 1.54) is 6.07 Å². The molecule has 2 aromatic heterocycles. The first-order chi connectivity index (χ1) is 12.8. The Balaban J connectivity index is 1.80. The lowest BCUT2D eigenvalue weighted by atomic mass is 10.0. The number of aromatic amines is 1. The molecule has 1 aliphatic heterocycles. The van der Waals surface area contributed by atoms with Gasteiger partial charge in [-0.15, -0.1) is 0 Å². The van der Waals surface area contributed by atoms with E-state index in [2.05, 4.69) is 9.97 Å². The number of para-hydroxylation sites is 1. The number of carbonyl (C=O) groups is 1. The van der Waals surface area contributed by atoms with Gasteiger partial charge >= 0.3 is 10.4 Å². The molecular weight excluding hydrogens is 372 g/mol. The van der Waals surface area contributed by atoms with Crippen LogP contribution in [-0.4, -0.2) is 44.9 Å². The maximum absolute atomic E-state index is 13.1. The number of H-pyrrole nitrogens is 1. The van der Waals surface area contributed by atoms with Crippen LogP contribution in [-0.2, 0) is 30.4 Å². The Bertz CT molecular complexity index is 1160. The van der Waals surface area contributed by atoms with Crippen molar-refractivity contribution in [2.45, 2.75) is 19.9 Å². The highest BCUT2D eigenvalue weighted by Crippen LogP contribution is 2.36. The molecule has 0 spiro atoms. The molecule has 4 rings (SSSR count). The summed E-state index contributed by atoms with van der Waals surface area (Å²) in [4.78, 5) is 22.1. The second-order valence-electron chi connectivity index (χ2n) is 6.50. The van der Waals surface area contributed by atoms with Gasteiger partial charge in [0.25, 0.3) is 5.91 Å². The van der Waals surface area contributed by atoms with E-state index in [1.54, 1.807) is 35.0 Å². The monoisotopic (exact) mass is 390 g/mol. The number of aromatic nitrogens is 3. The molecule has 9 nitrogen and oxygen atoms in total. The van der Waals surface area contributed by atoms with Crippen LogP contribution in [0.2, 0.25) is 0 Å². The Labute approximate surface area is 155 Å². The average Bonchev–Trinajstić information content (AvgIpc) is 3.12. The van der Waals surface area contributed by atoms with Crippen LogP contribution in [0.5, 0.6) is 5.75 Å². The molecule has 3 aromatic rings. The first-order valence-electron chi connectivity index (χ1n) is 8.31. The molecule has 0 bridgehead atoms. The van der Waals surface area contributed by atoms with Crippen molar-refractivity contribution in [3.8, 4) is 5.75 Å². The van der Waals surface area contributed by atoms with Crippen LogP contribution in [0.25, 0.3) is 10.9 Å². The average molecular weight is 390 g/mol. The molecule has 1 aliphatic rings. The van der Waals surface area contributed by atoms with Crippen LogP contribution in [0.4, 0.5) is 0 Å². The zero-order chi connectivity index (χ0) is 19.3. The topological polar surface area (TPSA) is 118 Å². The second-order valence-corrected chi connectivity index (χ2v) is 7.52. The SMILES string of the molecule is Cc1[nH]cnc1CN1CCc2c(c3cccc(OS(=O)(=O)O)c3n2C)C1=O. The molecule has 2 N–H and O–H groups in total. The Morgan fingerprint density at radius 3 is 2.81 bits per heavy atom. The third kappa shape index (κ3) is 2.96. The predicted octanol–water partition coefficient (Wildman–Crippen LogP) is 1.59. The van der Waals surface area contributed by atoms with E-state index in [9.17, 15) is 13.2 Å². The summed E-state index contributed by atoms with van der Waals surface area (Å²) in [5.41, 5.74) is 3.49. The van der Waals surface area contributed by atoms with Crippen molar-refractivity contribution in [1.82, 2.24) is 19.4 Å². The summed E-state index contributed by atoms with van der Waals surface area (Å²) in [7, 11) is -2.92. The summed E-state index contributed by atoms with van der Waals surface area (Å²) < 4.78 is 37.8. The zero-order valence-corrected chi connectivity index (χ0v) is 15.6. The molecule has 3 heterocycles. The molecular formula is C17H18N4O5S. The van der Waals surface area contributed by atoms with E-state index in [4.69, 9.17) is 8.74 Å². The summed E-state index contributed by atoms with van der Waals surface area (Å²) in [6, 6.07) is 4.77. The summed E-state index contributed by atoms with van der Waals surface area (Å²) in [6.07, 6.45) is 2.21. The number of carbonyl (C=O) groups excluding carboxylic acids is 1. The lowest BCUT2D eigenvalue weighted by Gasteiger charge is -2.27. The van der Waals surface area contributed by atoms with Gasteiger partial charge in [0.1, 0.15) is 0 Å². The summed E-state index contributed by atoms with van der Waals surface area (Å²) in [6.45, 7) is 2.82. The summed E-state index contributed by atoms with van der Waals surface area (Å²) in [5, 5.41) is 0.585. The first kappa shape index (κ1) is 17.6. The van der Waals surface area contributed by atoms with Crippen LogP contribution in [0, 0.1) is 6.92 Å². The van der Waals surface area contributed by atoms with Crippen LogP contribution in [0.1, 0.15) is 27.4 Å². The molecule has 0 atom stereocenters. The van der Waals surface area contributed by atoms with E-state index in [-0.39, 0.29) is 11.7 Å². The second kappa shape index (κ2) is 6.10. The minimum atomic E-state index is -4.67. The van der Waals surface area contributed by atoms with Crippen LogP contribution >= 0.6 is 0 Å². The largest absolute Gasteiger partial charge is 0.446 e. The molecule has 0 unspecified atom stereocenters. The van der Waals surface area contributed by atoms with Crippen LogP contribution in [0.15, 0.2) is 24.5 Å². The highest BCUT2D eigenvalue weighted by Gasteiger charge is 2.31. The molecule has 27 heavy (non-hydrogen) atoms. The molecule has 142 valence electrons. The number of fused-ring (bicyclic) bond motifs is 3. The predicted molar refractivity (Wildman–Crippen MR) is 96.9 cm³/mol. The van der Waals surface area contributed by atoms with Gasteiger partial charge < -0.3 is 18.6 Å². The number of benzene rings is 1. The number of nitrogens with one attached hydrogen (secondary N) is 1. The molecule has 0 saturated heterocycles. The minimum Gasteiger partial charge on any atom is -0.360 e. The standard InChI is InChI=1S/C17H18N4O5S/c1-10-12(19-9-18-10)8-21-7-6-13-15(17(21)22)11-4-3-5-14(16(11)20(13)2)26-27(23,24)25/h3-5,9H,6-8H2,1-2H3,(H,18,19)(H,23,24,25). The fraction of sp³-hybridized carbons (Fsp3) is 0.294. The molecule has 1 amide bonds. The van der Waals surface area contributed by atoms with Crippen molar-refractivity contribution < 1.29 is 21.9 Å². The number of amides is 1. The lowest BCUT2D eigenvalue weighted by Crippen LogP contribution is -2.37. The van der Waals surface area contributed by atoms with Gasteiger partial charge in [-0.2, -0.15) is 8.42 Å². The summed E-state index contributed by atoms with van der Waals surface area (Å²) in [5.74, 6) is -0.164. The van der Waals surface area contributed by atoms with Crippen LogP contribution < -0.4 is 4.18 Å². The minimum absolute atomic E-state index is 0.0191. The van der Waals surface area contributed by atoms with E-state index < -0.39 is 10.4 Å². The molecule has 0 fully saturated rings. The van der Waals surface area contributed by atoms with Crippen molar-refractivity contribution in [1.29, 1.82) is 0 Å². The van der Waals surface area contributed by atoms with Gasteiger partial charge in [0.15, 0.2) is 5.75 Å². The van der Waals surface area contributed by atoms with Gasteiger partial charge in [-0.3, -0.25) is 9.35 Å². The van der Waals surface area contributed by atoms with Gasteiger partial charge in [0, 0.05) is 36.8 Å². The van der Waals surface area contributed by atoms with E-state index in [1.807, 2.05) is 6.92 Å². The van der Waals surface area contributed by atoms with E-state index in [0.717, 1.165) is 17.1 Å². The zero-order valence-electron chi connectivity index (χ0n) is 14.8. The lowest BCUT2D eigenvalue weighted by molar-refractivity contribution is 0.0725. The molecule has 10 heteroatoms. The molecule has 0 radical (unpaired) electrons. The Hall–Kier alpha value is -2.85. The van der Waals surface area contributed by atoms with Crippen molar-refractivity contribution in [3.63, 3.8) is 0 Å². The van der Waals surface area contributed by atoms with Gasteiger partial charge in [-0.25, -0.2) is 4.98 Å². The Morgan fingerprint density at radius 1 is 1.37 bits per heavy atom. The number of hydrogen-bond donors (Lipinski definition) is 2. The third-order valence-corrected chi connectivity index (χ3v) is 5.28. The molecule has 1 aromatic carbocycles. The van der Waals surface area contributed by atoms with Gasteiger partial charge in [0.05, 0.1) is 29.6 Å². The normalized spacial score (nSPS) is 14.6. The van der Waals surface area contributed by atoms with Crippen molar-refractivity contribution in [2.24, 2.45) is 7.05 Å². The van der Waals surface area contributed by atoms with Crippen LogP contribution in [0.3, 0.4) is 0 Å². The number of aryl methyl sites for hydroxylation is 2. The van der Waals surface area contributed by atoms with Crippen molar-refractivity contribution in [2.75, 3.05) is 6.54 Å². The fourth-order valence-corrected chi connectivity index (χ4v) is 3.98. The third-order valence-electron chi connectivity index (χ3n) is 4.89. The summed E-state index contributed by atoms with van der Waals surface area (Å²) >= 11 is 0. The van der Waals surface area contributed by atoms with E-state index in [0.29, 0.717) is 36.0 Å². The van der Waals surface area contributed by atoms with Crippen molar-refractivity contribution >= 4 is 27.2 Å².